The number of amides is 3. The van der Waals surface area contributed by atoms with Crippen molar-refractivity contribution >= 4 is 69.9 Å². The fourth-order valence-corrected chi connectivity index (χ4v) is 8.23. The molecule has 1 unspecified atom stereocenters. The quantitative estimate of drug-likeness (QED) is 0.169. The maximum Gasteiger partial charge on any atom is 0.408 e. The zero-order valence-corrected chi connectivity index (χ0v) is 31.4. The number of halogens is 2. The van der Waals surface area contributed by atoms with E-state index in [9.17, 15) is 14.4 Å². The van der Waals surface area contributed by atoms with Crippen molar-refractivity contribution in [1.29, 1.82) is 0 Å². The van der Waals surface area contributed by atoms with Gasteiger partial charge in [0, 0.05) is 42.3 Å². The molecule has 0 bridgehead atoms. The van der Waals surface area contributed by atoms with Gasteiger partial charge >= 0.3 is 6.09 Å². The molecule has 0 spiro atoms. The number of thiazole rings is 1. The zero-order valence-electron chi connectivity index (χ0n) is 28.2. The molecule has 1 aliphatic carbocycles. The topological polar surface area (TPSA) is 113 Å². The number of alkyl carbamates (subject to hydrolysis) is 1. The molecule has 2 aromatic carbocycles. The van der Waals surface area contributed by atoms with Crippen LogP contribution in [-0.2, 0) is 20.9 Å². The Labute approximate surface area is 307 Å². The summed E-state index contributed by atoms with van der Waals surface area (Å²) >= 11 is 15.1. The lowest BCUT2D eigenvalue weighted by molar-refractivity contribution is -0.120. The summed E-state index contributed by atoms with van der Waals surface area (Å²) in [5.41, 5.74) is 2.72. The van der Waals surface area contributed by atoms with Crippen LogP contribution in [0.15, 0.2) is 52.2 Å². The fraction of sp³-hybridized carbons (Fsp3) is 0.500. The molecule has 2 fully saturated rings. The van der Waals surface area contributed by atoms with Gasteiger partial charge in [0.25, 0.3) is 0 Å². The largest absolute Gasteiger partial charge is 0.444 e. The number of anilines is 1. The number of hydrogen-bond acceptors (Lipinski definition) is 8. The van der Waals surface area contributed by atoms with Crippen molar-refractivity contribution in [3.05, 3.63) is 63.5 Å². The maximum absolute atomic E-state index is 13.5. The number of rotatable bonds is 11. The predicted octanol–water partition coefficient (Wildman–Crippen LogP) is 8.40. The summed E-state index contributed by atoms with van der Waals surface area (Å²) in [7, 11) is 0. The van der Waals surface area contributed by atoms with Crippen LogP contribution in [0.5, 0.6) is 0 Å². The molecule has 1 aromatic heterocycles. The molecule has 3 N–H and O–H groups in total. The molecule has 3 aromatic rings. The molecular formula is C36H45Cl2N5O4S2. The van der Waals surface area contributed by atoms with Gasteiger partial charge in [-0.3, -0.25) is 14.5 Å². The lowest BCUT2D eigenvalue weighted by Gasteiger charge is -2.32. The predicted molar refractivity (Wildman–Crippen MR) is 200 cm³/mol. The van der Waals surface area contributed by atoms with E-state index in [0.29, 0.717) is 21.5 Å². The van der Waals surface area contributed by atoms with Crippen LogP contribution in [0.4, 0.5) is 10.5 Å². The van der Waals surface area contributed by atoms with Gasteiger partial charge in [-0.15, -0.1) is 11.3 Å². The lowest BCUT2D eigenvalue weighted by atomic mass is 9.83. The van der Waals surface area contributed by atoms with Gasteiger partial charge in [-0.05, 0) is 82.2 Å². The van der Waals surface area contributed by atoms with Crippen molar-refractivity contribution < 1.29 is 19.1 Å². The Hall–Kier alpha value is -2.83. The minimum Gasteiger partial charge on any atom is -0.444 e. The Balaban J connectivity index is 1.10. The van der Waals surface area contributed by atoms with Crippen molar-refractivity contribution in [3.63, 3.8) is 0 Å². The van der Waals surface area contributed by atoms with Gasteiger partial charge in [-0.25, -0.2) is 9.78 Å². The van der Waals surface area contributed by atoms with Gasteiger partial charge < -0.3 is 20.7 Å². The number of piperidine rings is 1. The monoisotopic (exact) mass is 745 g/mol. The van der Waals surface area contributed by atoms with Crippen LogP contribution in [0.3, 0.4) is 0 Å². The van der Waals surface area contributed by atoms with E-state index < -0.39 is 17.7 Å². The van der Waals surface area contributed by atoms with Crippen molar-refractivity contribution in [2.24, 2.45) is 5.92 Å². The first kappa shape index (κ1) is 37.4. The van der Waals surface area contributed by atoms with E-state index in [0.717, 1.165) is 85.7 Å². The van der Waals surface area contributed by atoms with E-state index in [4.69, 9.17) is 32.9 Å². The molecule has 13 heteroatoms. The minimum atomic E-state index is -0.686. The minimum absolute atomic E-state index is 0.00176. The highest BCUT2D eigenvalue weighted by molar-refractivity contribution is 8.01. The Morgan fingerprint density at radius 1 is 1.02 bits per heavy atom. The highest BCUT2D eigenvalue weighted by atomic mass is 35.5. The van der Waals surface area contributed by atoms with Crippen molar-refractivity contribution in [3.8, 4) is 11.3 Å². The van der Waals surface area contributed by atoms with Crippen LogP contribution < -0.4 is 16.0 Å². The van der Waals surface area contributed by atoms with Crippen LogP contribution in [-0.4, -0.2) is 64.3 Å². The van der Waals surface area contributed by atoms with Crippen LogP contribution >= 0.6 is 46.3 Å². The molecule has 1 saturated carbocycles. The van der Waals surface area contributed by atoms with Gasteiger partial charge in [0.15, 0.2) is 4.34 Å². The number of thioether (sulfide) groups is 1. The molecule has 2 heterocycles. The van der Waals surface area contributed by atoms with E-state index in [-0.39, 0.29) is 23.8 Å². The smallest absolute Gasteiger partial charge is 0.408 e. The molecule has 1 aliphatic heterocycles. The highest BCUT2D eigenvalue weighted by Gasteiger charge is 2.32. The summed E-state index contributed by atoms with van der Waals surface area (Å²) in [4.78, 5) is 46.1. The van der Waals surface area contributed by atoms with E-state index in [1.165, 1.54) is 23.1 Å². The maximum atomic E-state index is 13.5. The highest BCUT2D eigenvalue weighted by Crippen LogP contribution is 2.31. The number of aromatic nitrogens is 1. The molecule has 2 aliphatic rings. The van der Waals surface area contributed by atoms with Crippen LogP contribution in [0.2, 0.25) is 10.0 Å². The molecule has 1 atom stereocenters. The Morgan fingerprint density at radius 3 is 2.49 bits per heavy atom. The second kappa shape index (κ2) is 17.4. The van der Waals surface area contributed by atoms with Crippen molar-refractivity contribution in [2.75, 3.05) is 24.2 Å². The fourth-order valence-electron chi connectivity index (χ4n) is 6.26. The van der Waals surface area contributed by atoms with Crippen LogP contribution in [0.1, 0.15) is 71.3 Å². The zero-order chi connectivity index (χ0) is 35.0. The van der Waals surface area contributed by atoms with Gasteiger partial charge in [0.05, 0.1) is 21.5 Å². The summed E-state index contributed by atoms with van der Waals surface area (Å²) in [5.74, 6) is 0.0852. The first-order chi connectivity index (χ1) is 23.4. The Kier molecular flexibility index (Phi) is 13.3. The number of benzene rings is 2. The summed E-state index contributed by atoms with van der Waals surface area (Å²) in [6, 6.07) is 12.7. The number of carbonyl (C=O) groups excluding carboxylic acids is 3. The molecule has 5 rings (SSSR count). The SMILES string of the molecule is CC(C)(C)OC(=O)NC(C(=O)Nc1cccc(-c2csc(SCC(=O)NC3CCN(Cc4ccc(Cl)c(Cl)c4)CC3)n2)c1)C1CCCCC1. The van der Waals surface area contributed by atoms with Crippen molar-refractivity contribution in [1.82, 2.24) is 20.5 Å². The summed E-state index contributed by atoms with van der Waals surface area (Å²) in [6.07, 6.45) is 6.17. The third-order valence-electron chi connectivity index (χ3n) is 8.65. The third kappa shape index (κ3) is 11.6. The number of carbonyl (C=O) groups is 3. The molecule has 0 radical (unpaired) electrons. The van der Waals surface area contributed by atoms with E-state index in [2.05, 4.69) is 20.9 Å². The van der Waals surface area contributed by atoms with Crippen LogP contribution in [0, 0.1) is 5.92 Å². The number of likely N-dealkylation sites (tertiary alicyclic amines) is 1. The summed E-state index contributed by atoms with van der Waals surface area (Å²) in [6.45, 7) is 8.01. The van der Waals surface area contributed by atoms with Gasteiger partial charge in [-0.1, -0.05) is 72.4 Å². The number of nitrogens with zero attached hydrogens (tertiary/aromatic N) is 2. The summed E-state index contributed by atoms with van der Waals surface area (Å²) in [5, 5.41) is 12.1. The van der Waals surface area contributed by atoms with Gasteiger partial charge in [0.1, 0.15) is 11.6 Å². The molecule has 1 saturated heterocycles. The number of ether oxygens (including phenoxy) is 1. The molecular weight excluding hydrogens is 701 g/mol. The van der Waals surface area contributed by atoms with Crippen LogP contribution in [0.25, 0.3) is 11.3 Å². The van der Waals surface area contributed by atoms with E-state index in [1.807, 2.05) is 47.8 Å². The van der Waals surface area contributed by atoms with Crippen molar-refractivity contribution in [2.45, 2.75) is 94.3 Å². The van der Waals surface area contributed by atoms with E-state index >= 15 is 0 Å². The lowest BCUT2D eigenvalue weighted by Crippen LogP contribution is -2.50. The standard InChI is InChI=1S/C36H45Cl2N5O4S2/c1-36(2,3)47-34(46)42-32(24-8-5-4-6-9-24)33(45)40-27-11-7-10-25(19-27)30-21-48-35(41-30)49-22-31(44)39-26-14-16-43(17-15-26)20-23-12-13-28(37)29(38)18-23/h7,10-13,18-19,21,24,26,32H,4-6,8-9,14-17,20,22H2,1-3H3,(H,39,44)(H,40,45)(H,42,46). The molecule has 264 valence electrons. The number of nitrogens with one attached hydrogen (secondary N) is 3. The molecule has 3 amide bonds. The normalized spacial score (nSPS) is 16.9. The van der Waals surface area contributed by atoms with E-state index in [1.54, 1.807) is 20.8 Å². The third-order valence-corrected chi connectivity index (χ3v) is 11.4. The van der Waals surface area contributed by atoms with Gasteiger partial charge in [-0.2, -0.15) is 0 Å². The Bertz CT molecular complexity index is 1600. The second-order valence-electron chi connectivity index (χ2n) is 13.7. The van der Waals surface area contributed by atoms with Gasteiger partial charge in [0.2, 0.25) is 11.8 Å². The first-order valence-electron chi connectivity index (χ1n) is 16.9. The second-order valence-corrected chi connectivity index (χ2v) is 16.6. The Morgan fingerprint density at radius 2 is 1.78 bits per heavy atom. The first-order valence-corrected chi connectivity index (χ1v) is 19.5. The number of hydrogen-bond donors (Lipinski definition) is 3. The molecule has 9 nitrogen and oxygen atoms in total. The average molecular weight is 747 g/mol. The molecule has 49 heavy (non-hydrogen) atoms. The summed E-state index contributed by atoms with van der Waals surface area (Å²) < 4.78 is 6.27. The average Bonchev–Trinajstić information content (AvgIpc) is 3.54.